The largest absolute Gasteiger partial charge is 0.493 e. The van der Waals surface area contributed by atoms with Crippen LogP contribution >= 0.6 is 0 Å². The SMILES string of the molecule is CCNCc1ccnc(-c2ccc(OC)c(OC)c2)n1. The molecule has 106 valence electrons. The number of aromatic nitrogens is 2. The highest BCUT2D eigenvalue weighted by Crippen LogP contribution is 2.30. The van der Waals surface area contributed by atoms with E-state index in [1.54, 1.807) is 20.4 Å². The van der Waals surface area contributed by atoms with Gasteiger partial charge in [0, 0.05) is 18.3 Å². The fourth-order valence-corrected chi connectivity index (χ4v) is 1.86. The topological polar surface area (TPSA) is 56.3 Å². The van der Waals surface area contributed by atoms with Gasteiger partial charge in [0.15, 0.2) is 17.3 Å². The zero-order valence-electron chi connectivity index (χ0n) is 12.0. The van der Waals surface area contributed by atoms with Gasteiger partial charge in [-0.1, -0.05) is 6.92 Å². The van der Waals surface area contributed by atoms with E-state index in [0.29, 0.717) is 17.3 Å². The molecule has 5 nitrogen and oxygen atoms in total. The lowest BCUT2D eigenvalue weighted by molar-refractivity contribution is 0.355. The van der Waals surface area contributed by atoms with Gasteiger partial charge in [0.2, 0.25) is 0 Å². The fraction of sp³-hybridized carbons (Fsp3) is 0.333. The molecule has 0 aliphatic rings. The molecular formula is C15H19N3O2. The molecule has 0 unspecified atom stereocenters. The number of nitrogens with zero attached hydrogens (tertiary/aromatic N) is 2. The molecule has 2 aromatic rings. The van der Waals surface area contributed by atoms with E-state index in [0.717, 1.165) is 24.3 Å². The molecule has 1 heterocycles. The molecule has 0 radical (unpaired) electrons. The minimum Gasteiger partial charge on any atom is -0.493 e. The Bertz CT molecular complexity index is 573. The normalized spacial score (nSPS) is 10.3. The summed E-state index contributed by atoms with van der Waals surface area (Å²) in [7, 11) is 3.23. The first kappa shape index (κ1) is 14.3. The number of hydrogen-bond donors (Lipinski definition) is 1. The molecule has 0 spiro atoms. The van der Waals surface area contributed by atoms with Crippen LogP contribution in [0.15, 0.2) is 30.5 Å². The summed E-state index contributed by atoms with van der Waals surface area (Å²) in [6.07, 6.45) is 1.77. The molecule has 5 heteroatoms. The van der Waals surface area contributed by atoms with E-state index in [1.165, 1.54) is 0 Å². The lowest BCUT2D eigenvalue weighted by Crippen LogP contribution is -2.13. The first-order valence-corrected chi connectivity index (χ1v) is 6.53. The van der Waals surface area contributed by atoms with Crippen molar-refractivity contribution in [2.45, 2.75) is 13.5 Å². The maximum Gasteiger partial charge on any atom is 0.161 e. The third-order valence-corrected chi connectivity index (χ3v) is 2.91. The van der Waals surface area contributed by atoms with Crippen molar-refractivity contribution in [1.29, 1.82) is 0 Å². The minimum absolute atomic E-state index is 0.672. The summed E-state index contributed by atoms with van der Waals surface area (Å²) in [5.74, 6) is 2.05. The van der Waals surface area contributed by atoms with Crippen LogP contribution in [0.3, 0.4) is 0 Å². The lowest BCUT2D eigenvalue weighted by Gasteiger charge is -2.09. The number of hydrogen-bond acceptors (Lipinski definition) is 5. The number of nitrogens with one attached hydrogen (secondary N) is 1. The van der Waals surface area contributed by atoms with Gasteiger partial charge in [0.05, 0.1) is 19.9 Å². The molecule has 0 fully saturated rings. The standard InChI is InChI=1S/C15H19N3O2/c1-4-16-10-12-7-8-17-15(18-12)11-5-6-13(19-2)14(9-11)20-3/h5-9,16H,4,10H2,1-3H3. The van der Waals surface area contributed by atoms with Gasteiger partial charge in [0.1, 0.15) is 0 Å². The van der Waals surface area contributed by atoms with E-state index in [4.69, 9.17) is 9.47 Å². The van der Waals surface area contributed by atoms with Crippen LogP contribution in [0.25, 0.3) is 11.4 Å². The Morgan fingerprint density at radius 1 is 1.10 bits per heavy atom. The molecule has 20 heavy (non-hydrogen) atoms. The number of methoxy groups -OCH3 is 2. The second-order valence-electron chi connectivity index (χ2n) is 4.22. The van der Waals surface area contributed by atoms with Crippen molar-refractivity contribution < 1.29 is 9.47 Å². The average Bonchev–Trinajstić information content (AvgIpc) is 2.52. The van der Waals surface area contributed by atoms with Gasteiger partial charge >= 0.3 is 0 Å². The van der Waals surface area contributed by atoms with Gasteiger partial charge in [0.25, 0.3) is 0 Å². The van der Waals surface area contributed by atoms with E-state index >= 15 is 0 Å². The molecule has 0 atom stereocenters. The average molecular weight is 273 g/mol. The summed E-state index contributed by atoms with van der Waals surface area (Å²) in [6.45, 7) is 3.71. The molecule has 0 amide bonds. The molecule has 0 aliphatic carbocycles. The number of benzene rings is 1. The Morgan fingerprint density at radius 2 is 1.90 bits per heavy atom. The van der Waals surface area contributed by atoms with Crippen molar-refractivity contribution in [3.05, 3.63) is 36.2 Å². The molecule has 1 aromatic heterocycles. The van der Waals surface area contributed by atoms with E-state index < -0.39 is 0 Å². The van der Waals surface area contributed by atoms with Crippen LogP contribution in [0, 0.1) is 0 Å². The predicted molar refractivity (Wildman–Crippen MR) is 78.0 cm³/mol. The Labute approximate surface area is 119 Å². The summed E-state index contributed by atoms with van der Waals surface area (Å²) >= 11 is 0. The van der Waals surface area contributed by atoms with Crippen LogP contribution in [0.1, 0.15) is 12.6 Å². The number of ether oxygens (including phenoxy) is 2. The van der Waals surface area contributed by atoms with Gasteiger partial charge in [-0.15, -0.1) is 0 Å². The summed E-state index contributed by atoms with van der Waals surface area (Å²) in [5.41, 5.74) is 1.87. The molecule has 2 rings (SSSR count). The van der Waals surface area contributed by atoms with Crippen LogP contribution in [-0.2, 0) is 6.54 Å². The first-order chi connectivity index (χ1) is 9.78. The van der Waals surface area contributed by atoms with Gasteiger partial charge < -0.3 is 14.8 Å². The molecule has 1 aromatic carbocycles. The maximum atomic E-state index is 5.30. The Balaban J connectivity index is 2.31. The third-order valence-electron chi connectivity index (χ3n) is 2.91. The molecule has 1 N–H and O–H groups in total. The monoisotopic (exact) mass is 273 g/mol. The predicted octanol–water partition coefficient (Wildman–Crippen LogP) is 2.27. The van der Waals surface area contributed by atoms with Gasteiger partial charge in [-0.25, -0.2) is 9.97 Å². The minimum atomic E-state index is 0.672. The zero-order valence-corrected chi connectivity index (χ0v) is 12.0. The van der Waals surface area contributed by atoms with E-state index in [1.807, 2.05) is 24.3 Å². The van der Waals surface area contributed by atoms with Crippen LogP contribution in [-0.4, -0.2) is 30.7 Å². The van der Waals surface area contributed by atoms with E-state index in [9.17, 15) is 0 Å². The smallest absolute Gasteiger partial charge is 0.161 e. The number of rotatable bonds is 6. The summed E-state index contributed by atoms with van der Waals surface area (Å²) < 4.78 is 10.5. The van der Waals surface area contributed by atoms with E-state index in [-0.39, 0.29) is 0 Å². The highest BCUT2D eigenvalue weighted by molar-refractivity contribution is 5.61. The quantitative estimate of drug-likeness (QED) is 0.875. The third kappa shape index (κ3) is 3.24. The van der Waals surface area contributed by atoms with Crippen LogP contribution in [0.4, 0.5) is 0 Å². The highest BCUT2D eigenvalue weighted by Gasteiger charge is 2.08. The van der Waals surface area contributed by atoms with E-state index in [2.05, 4.69) is 22.2 Å². The van der Waals surface area contributed by atoms with Gasteiger partial charge in [-0.05, 0) is 30.8 Å². The van der Waals surface area contributed by atoms with Crippen molar-refractivity contribution in [2.24, 2.45) is 0 Å². The zero-order chi connectivity index (χ0) is 14.4. The van der Waals surface area contributed by atoms with Crippen molar-refractivity contribution in [2.75, 3.05) is 20.8 Å². The van der Waals surface area contributed by atoms with Crippen LogP contribution in [0.2, 0.25) is 0 Å². The van der Waals surface area contributed by atoms with Crippen molar-refractivity contribution in [3.8, 4) is 22.9 Å². The maximum absolute atomic E-state index is 5.30. The Morgan fingerprint density at radius 3 is 2.60 bits per heavy atom. The summed E-state index contributed by atoms with van der Waals surface area (Å²) in [4.78, 5) is 8.85. The van der Waals surface area contributed by atoms with Crippen molar-refractivity contribution in [1.82, 2.24) is 15.3 Å². The second kappa shape index (κ2) is 6.86. The molecule has 0 saturated carbocycles. The fourth-order valence-electron chi connectivity index (χ4n) is 1.86. The Hall–Kier alpha value is -2.14. The van der Waals surface area contributed by atoms with Gasteiger partial charge in [-0.2, -0.15) is 0 Å². The highest BCUT2D eigenvalue weighted by atomic mass is 16.5. The molecular weight excluding hydrogens is 254 g/mol. The molecule has 0 bridgehead atoms. The van der Waals surface area contributed by atoms with Gasteiger partial charge in [-0.3, -0.25) is 0 Å². The second-order valence-corrected chi connectivity index (χ2v) is 4.22. The van der Waals surface area contributed by atoms with Crippen molar-refractivity contribution >= 4 is 0 Å². The first-order valence-electron chi connectivity index (χ1n) is 6.53. The lowest BCUT2D eigenvalue weighted by atomic mass is 10.2. The summed E-state index contributed by atoms with van der Waals surface area (Å²) in [6, 6.07) is 7.57. The molecule has 0 saturated heterocycles. The summed E-state index contributed by atoms with van der Waals surface area (Å²) in [5, 5.41) is 3.25. The van der Waals surface area contributed by atoms with Crippen molar-refractivity contribution in [3.63, 3.8) is 0 Å². The van der Waals surface area contributed by atoms with Crippen LogP contribution < -0.4 is 14.8 Å². The van der Waals surface area contributed by atoms with Crippen LogP contribution in [0.5, 0.6) is 11.5 Å². The Kier molecular flexibility index (Phi) is 4.90. The molecule has 0 aliphatic heterocycles.